The lowest BCUT2D eigenvalue weighted by Crippen LogP contribution is -2.24. The van der Waals surface area contributed by atoms with Gasteiger partial charge in [0.05, 0.1) is 12.8 Å². The van der Waals surface area contributed by atoms with E-state index in [-0.39, 0.29) is 17.0 Å². The zero-order chi connectivity index (χ0) is 12.3. The van der Waals surface area contributed by atoms with E-state index in [1.807, 2.05) is 4.72 Å². The number of carbonyl (C=O) groups is 1. The fraction of sp³-hybridized carbons (Fsp3) is 0.125. The number of hydrogen-bond acceptors (Lipinski definition) is 4. The molecule has 1 rings (SSSR count). The summed E-state index contributed by atoms with van der Waals surface area (Å²) in [5.41, 5.74) is 5.03. The first kappa shape index (κ1) is 12.3. The molecule has 0 aliphatic heterocycles. The van der Waals surface area contributed by atoms with Gasteiger partial charge >= 0.3 is 0 Å². The van der Waals surface area contributed by atoms with Crippen LogP contribution in [-0.4, -0.2) is 21.4 Å². The minimum Gasteiger partial charge on any atom is -0.496 e. The van der Waals surface area contributed by atoms with Gasteiger partial charge in [-0.05, 0) is 12.1 Å². The van der Waals surface area contributed by atoms with Gasteiger partial charge in [0.1, 0.15) is 11.3 Å². The van der Waals surface area contributed by atoms with Gasteiger partial charge in [-0.15, -0.1) is 0 Å². The SMILES string of the molecule is COc1cccc(NS(N)(=O)=O)c1C(N)=O. The van der Waals surface area contributed by atoms with Crippen molar-refractivity contribution in [2.75, 3.05) is 11.8 Å². The molecule has 0 bridgehead atoms. The fourth-order valence-electron chi connectivity index (χ4n) is 1.19. The Morgan fingerprint density at radius 2 is 2.06 bits per heavy atom. The first-order valence-corrected chi connectivity index (χ1v) is 5.67. The molecule has 0 heterocycles. The molecule has 88 valence electrons. The highest BCUT2D eigenvalue weighted by Crippen LogP contribution is 2.26. The van der Waals surface area contributed by atoms with Crippen LogP contribution in [0.15, 0.2) is 18.2 Å². The Bertz CT molecular complexity index is 512. The van der Waals surface area contributed by atoms with E-state index in [1.165, 1.54) is 25.3 Å². The second-order valence-electron chi connectivity index (χ2n) is 2.89. The third kappa shape index (κ3) is 2.84. The molecule has 0 aromatic heterocycles. The highest BCUT2D eigenvalue weighted by molar-refractivity contribution is 7.90. The lowest BCUT2D eigenvalue weighted by Gasteiger charge is -2.11. The Balaban J connectivity index is 3.33. The quantitative estimate of drug-likeness (QED) is 0.655. The summed E-state index contributed by atoms with van der Waals surface area (Å²) in [4.78, 5) is 11.2. The second kappa shape index (κ2) is 4.37. The number of methoxy groups -OCH3 is 1. The predicted octanol–water partition coefficient (Wildman–Crippen LogP) is -0.590. The van der Waals surface area contributed by atoms with Crippen molar-refractivity contribution < 1.29 is 17.9 Å². The van der Waals surface area contributed by atoms with E-state index >= 15 is 0 Å². The van der Waals surface area contributed by atoms with Crippen LogP contribution in [-0.2, 0) is 10.2 Å². The van der Waals surface area contributed by atoms with Gasteiger partial charge in [-0.25, -0.2) is 5.14 Å². The summed E-state index contributed by atoms with van der Waals surface area (Å²) in [7, 11) is -2.64. The topological polar surface area (TPSA) is 125 Å². The standard InChI is InChI=1S/C8H11N3O4S/c1-15-6-4-2-3-5(7(6)8(9)12)11-16(10,13)14/h2-4,11H,1H3,(H2,9,12)(H2,10,13,14). The summed E-state index contributed by atoms with van der Waals surface area (Å²) in [5.74, 6) is -0.648. The predicted molar refractivity (Wildman–Crippen MR) is 58.2 cm³/mol. The van der Waals surface area contributed by atoms with E-state index in [9.17, 15) is 13.2 Å². The number of amides is 1. The summed E-state index contributed by atoms with van der Waals surface area (Å²) in [6.07, 6.45) is 0. The summed E-state index contributed by atoms with van der Waals surface area (Å²) >= 11 is 0. The molecule has 1 aromatic rings. The Kier molecular flexibility index (Phi) is 3.35. The van der Waals surface area contributed by atoms with Crippen molar-refractivity contribution in [1.29, 1.82) is 0 Å². The molecule has 5 N–H and O–H groups in total. The van der Waals surface area contributed by atoms with Crippen molar-refractivity contribution in [2.24, 2.45) is 10.9 Å². The van der Waals surface area contributed by atoms with Crippen LogP contribution >= 0.6 is 0 Å². The molecule has 1 aromatic carbocycles. The molecule has 16 heavy (non-hydrogen) atoms. The average molecular weight is 245 g/mol. The number of ether oxygens (including phenoxy) is 1. The molecular formula is C8H11N3O4S. The van der Waals surface area contributed by atoms with Gasteiger partial charge in [0.15, 0.2) is 0 Å². The van der Waals surface area contributed by atoms with E-state index in [1.54, 1.807) is 0 Å². The maximum atomic E-state index is 11.2. The molecular weight excluding hydrogens is 234 g/mol. The van der Waals surface area contributed by atoms with Crippen LogP contribution in [0.2, 0.25) is 0 Å². The summed E-state index contributed by atoms with van der Waals surface area (Å²) in [6.45, 7) is 0. The Labute approximate surface area is 92.6 Å². The first-order valence-electron chi connectivity index (χ1n) is 4.12. The molecule has 0 unspecified atom stereocenters. The van der Waals surface area contributed by atoms with Crippen molar-refractivity contribution in [3.8, 4) is 5.75 Å². The first-order chi connectivity index (χ1) is 7.35. The van der Waals surface area contributed by atoms with E-state index in [0.717, 1.165) is 0 Å². The van der Waals surface area contributed by atoms with Crippen LogP contribution in [0.25, 0.3) is 0 Å². The minimum atomic E-state index is -3.97. The number of nitrogens with one attached hydrogen (secondary N) is 1. The third-order valence-corrected chi connectivity index (χ3v) is 2.25. The zero-order valence-electron chi connectivity index (χ0n) is 8.43. The fourth-order valence-corrected chi connectivity index (χ4v) is 1.67. The van der Waals surface area contributed by atoms with Gasteiger partial charge in [0, 0.05) is 0 Å². The van der Waals surface area contributed by atoms with Crippen molar-refractivity contribution >= 4 is 21.8 Å². The lowest BCUT2D eigenvalue weighted by molar-refractivity contribution is 0.0998. The van der Waals surface area contributed by atoms with Crippen molar-refractivity contribution in [3.05, 3.63) is 23.8 Å². The van der Waals surface area contributed by atoms with Gasteiger partial charge in [-0.3, -0.25) is 9.52 Å². The van der Waals surface area contributed by atoms with Gasteiger partial charge in [0.25, 0.3) is 16.1 Å². The van der Waals surface area contributed by atoms with Crippen LogP contribution < -0.4 is 20.3 Å². The van der Waals surface area contributed by atoms with Crippen LogP contribution in [0.3, 0.4) is 0 Å². The molecule has 1 amide bonds. The van der Waals surface area contributed by atoms with E-state index in [0.29, 0.717) is 0 Å². The van der Waals surface area contributed by atoms with Crippen molar-refractivity contribution in [1.82, 2.24) is 0 Å². The second-order valence-corrected chi connectivity index (χ2v) is 4.19. The van der Waals surface area contributed by atoms with E-state index in [4.69, 9.17) is 15.6 Å². The van der Waals surface area contributed by atoms with Crippen molar-refractivity contribution in [2.45, 2.75) is 0 Å². The average Bonchev–Trinajstić information content (AvgIpc) is 2.14. The number of anilines is 1. The lowest BCUT2D eigenvalue weighted by atomic mass is 10.1. The number of carbonyl (C=O) groups excluding carboxylic acids is 1. The number of benzene rings is 1. The molecule has 0 atom stereocenters. The highest BCUT2D eigenvalue weighted by Gasteiger charge is 2.16. The zero-order valence-corrected chi connectivity index (χ0v) is 9.24. The smallest absolute Gasteiger partial charge is 0.296 e. The Hall–Kier alpha value is -1.80. The Morgan fingerprint density at radius 3 is 2.50 bits per heavy atom. The molecule has 0 spiro atoms. The summed E-state index contributed by atoms with van der Waals surface area (Å²) in [5, 5.41) is 4.80. The number of nitrogens with two attached hydrogens (primary N) is 2. The monoisotopic (exact) mass is 245 g/mol. The van der Waals surface area contributed by atoms with E-state index < -0.39 is 16.1 Å². The number of primary amides is 1. The molecule has 0 aliphatic carbocycles. The van der Waals surface area contributed by atoms with Gasteiger partial charge in [-0.1, -0.05) is 6.07 Å². The largest absolute Gasteiger partial charge is 0.496 e. The normalized spacial score (nSPS) is 10.9. The van der Waals surface area contributed by atoms with Crippen LogP contribution in [0, 0.1) is 0 Å². The van der Waals surface area contributed by atoms with Crippen LogP contribution in [0.4, 0.5) is 5.69 Å². The van der Waals surface area contributed by atoms with Gasteiger partial charge in [0.2, 0.25) is 0 Å². The third-order valence-electron chi connectivity index (χ3n) is 1.74. The summed E-state index contributed by atoms with van der Waals surface area (Å²) < 4.78 is 28.6. The molecule has 8 heteroatoms. The van der Waals surface area contributed by atoms with Crippen LogP contribution in [0.5, 0.6) is 5.75 Å². The molecule has 7 nitrogen and oxygen atoms in total. The summed E-state index contributed by atoms with van der Waals surface area (Å²) in [6, 6.07) is 4.33. The number of rotatable bonds is 4. The molecule has 0 aliphatic rings. The Morgan fingerprint density at radius 1 is 1.44 bits per heavy atom. The number of hydrogen-bond donors (Lipinski definition) is 3. The molecule has 0 saturated carbocycles. The highest BCUT2D eigenvalue weighted by atomic mass is 32.2. The molecule has 0 fully saturated rings. The minimum absolute atomic E-state index is 0.0191. The molecule has 0 saturated heterocycles. The molecule has 0 radical (unpaired) electrons. The van der Waals surface area contributed by atoms with Gasteiger partial charge in [-0.2, -0.15) is 8.42 Å². The van der Waals surface area contributed by atoms with Gasteiger partial charge < -0.3 is 10.5 Å². The van der Waals surface area contributed by atoms with Crippen molar-refractivity contribution in [3.63, 3.8) is 0 Å². The maximum absolute atomic E-state index is 11.2. The van der Waals surface area contributed by atoms with E-state index in [2.05, 4.69) is 0 Å². The van der Waals surface area contributed by atoms with Crippen LogP contribution in [0.1, 0.15) is 10.4 Å². The maximum Gasteiger partial charge on any atom is 0.296 e.